The van der Waals surface area contributed by atoms with Gasteiger partial charge in [-0.25, -0.2) is 0 Å². The Morgan fingerprint density at radius 2 is 2.11 bits per heavy atom. The second-order valence-corrected chi connectivity index (χ2v) is 5.13. The molecule has 0 aliphatic carbocycles. The van der Waals surface area contributed by atoms with Crippen LogP contribution < -0.4 is 5.32 Å². The highest BCUT2D eigenvalue weighted by molar-refractivity contribution is 5.98. The summed E-state index contributed by atoms with van der Waals surface area (Å²) in [5.41, 5.74) is 0.859. The van der Waals surface area contributed by atoms with Crippen molar-refractivity contribution in [3.05, 3.63) is 36.0 Å². The van der Waals surface area contributed by atoms with Crippen molar-refractivity contribution in [2.24, 2.45) is 0 Å². The lowest BCUT2D eigenvalue weighted by atomic mass is 9.98. The summed E-state index contributed by atoms with van der Waals surface area (Å²) < 4.78 is 0. The van der Waals surface area contributed by atoms with Crippen molar-refractivity contribution >= 4 is 16.8 Å². The van der Waals surface area contributed by atoms with Crippen LogP contribution >= 0.6 is 0 Å². The summed E-state index contributed by atoms with van der Waals surface area (Å²) in [5, 5.41) is 13.5. The Labute approximate surface area is 106 Å². The van der Waals surface area contributed by atoms with Crippen LogP contribution in [0.1, 0.15) is 31.1 Å². The molecule has 0 aliphatic rings. The highest BCUT2D eigenvalue weighted by Crippen LogP contribution is 2.16. The van der Waals surface area contributed by atoms with Gasteiger partial charge < -0.3 is 15.4 Å². The van der Waals surface area contributed by atoms with Crippen LogP contribution in [0.3, 0.4) is 0 Å². The van der Waals surface area contributed by atoms with Crippen molar-refractivity contribution in [1.82, 2.24) is 10.3 Å². The van der Waals surface area contributed by atoms with Crippen LogP contribution in [0.15, 0.2) is 30.5 Å². The number of hydrogen-bond acceptors (Lipinski definition) is 2. The first kappa shape index (κ1) is 12.6. The van der Waals surface area contributed by atoms with Gasteiger partial charge in [0.05, 0.1) is 11.6 Å². The van der Waals surface area contributed by atoms with Crippen molar-refractivity contribution in [3.8, 4) is 0 Å². The Bertz CT molecular complexity index is 570. The third-order valence-electron chi connectivity index (χ3n) is 3.30. The summed E-state index contributed by atoms with van der Waals surface area (Å²) in [7, 11) is 0. The van der Waals surface area contributed by atoms with E-state index >= 15 is 0 Å². The van der Waals surface area contributed by atoms with Gasteiger partial charge in [-0.05, 0) is 44.4 Å². The predicted molar refractivity (Wildman–Crippen MR) is 71.5 cm³/mol. The monoisotopic (exact) mass is 246 g/mol. The second-order valence-electron chi connectivity index (χ2n) is 5.13. The third-order valence-corrected chi connectivity index (χ3v) is 3.30. The van der Waals surface area contributed by atoms with Crippen molar-refractivity contribution in [2.75, 3.05) is 0 Å². The summed E-state index contributed by atoms with van der Waals surface area (Å²) in [5.74, 6) is -0.183. The lowest BCUT2D eigenvalue weighted by Crippen LogP contribution is -2.50. The molecule has 1 unspecified atom stereocenters. The van der Waals surface area contributed by atoms with Gasteiger partial charge in [0.15, 0.2) is 0 Å². The first-order valence-electron chi connectivity index (χ1n) is 5.98. The summed E-state index contributed by atoms with van der Waals surface area (Å²) in [6.45, 7) is 5.25. The van der Waals surface area contributed by atoms with Gasteiger partial charge in [0, 0.05) is 17.3 Å². The van der Waals surface area contributed by atoms with E-state index < -0.39 is 11.6 Å². The number of aromatic nitrogens is 1. The molecule has 3 N–H and O–H groups in total. The Hall–Kier alpha value is -1.81. The summed E-state index contributed by atoms with van der Waals surface area (Å²) in [4.78, 5) is 15.2. The molecule has 2 aromatic rings. The molecule has 4 nitrogen and oxygen atoms in total. The molecule has 1 heterocycles. The Balaban J connectivity index is 2.23. The van der Waals surface area contributed by atoms with E-state index in [1.165, 1.54) is 0 Å². The summed E-state index contributed by atoms with van der Waals surface area (Å²) in [6, 6.07) is 7.44. The molecular weight excluding hydrogens is 228 g/mol. The van der Waals surface area contributed by atoms with E-state index in [9.17, 15) is 9.90 Å². The first-order chi connectivity index (χ1) is 8.40. The number of rotatable bonds is 3. The molecule has 0 bridgehead atoms. The minimum absolute atomic E-state index is 0.183. The number of hydrogen-bond donors (Lipinski definition) is 3. The zero-order valence-electron chi connectivity index (χ0n) is 10.8. The number of aromatic amines is 1. The fraction of sp³-hybridized carbons (Fsp3) is 0.357. The van der Waals surface area contributed by atoms with Gasteiger partial charge in [0.2, 0.25) is 0 Å². The molecule has 1 atom stereocenters. The summed E-state index contributed by atoms with van der Waals surface area (Å²) in [6.07, 6.45) is 1.22. The molecule has 2 rings (SSSR count). The molecular formula is C14H18N2O2. The van der Waals surface area contributed by atoms with Crippen LogP contribution in [-0.4, -0.2) is 27.6 Å². The second kappa shape index (κ2) is 4.46. The fourth-order valence-corrected chi connectivity index (χ4v) is 1.66. The molecule has 0 saturated heterocycles. The van der Waals surface area contributed by atoms with Crippen LogP contribution in [0.4, 0.5) is 0 Å². The van der Waals surface area contributed by atoms with E-state index in [0.29, 0.717) is 5.56 Å². The highest BCUT2D eigenvalue weighted by atomic mass is 16.3. The van der Waals surface area contributed by atoms with Gasteiger partial charge in [-0.2, -0.15) is 0 Å². The molecule has 1 aromatic heterocycles. The zero-order valence-corrected chi connectivity index (χ0v) is 10.8. The van der Waals surface area contributed by atoms with E-state index in [0.717, 1.165) is 10.9 Å². The molecule has 4 heteroatoms. The van der Waals surface area contributed by atoms with E-state index in [4.69, 9.17) is 0 Å². The lowest BCUT2D eigenvalue weighted by molar-refractivity contribution is 0.0709. The van der Waals surface area contributed by atoms with E-state index in [2.05, 4.69) is 10.3 Å². The normalized spacial score (nSPS) is 13.6. The van der Waals surface area contributed by atoms with Gasteiger partial charge in [0.25, 0.3) is 5.91 Å². The molecule has 0 fully saturated rings. The van der Waals surface area contributed by atoms with Gasteiger partial charge in [-0.3, -0.25) is 4.79 Å². The van der Waals surface area contributed by atoms with Crippen molar-refractivity contribution in [1.29, 1.82) is 0 Å². The topological polar surface area (TPSA) is 65.1 Å². The summed E-state index contributed by atoms with van der Waals surface area (Å²) >= 11 is 0. The molecule has 18 heavy (non-hydrogen) atoms. The number of fused-ring (bicyclic) bond motifs is 1. The van der Waals surface area contributed by atoms with Crippen LogP contribution in [0.25, 0.3) is 10.9 Å². The number of aliphatic hydroxyl groups excluding tert-OH is 1. The van der Waals surface area contributed by atoms with Crippen molar-refractivity contribution in [2.45, 2.75) is 32.4 Å². The largest absolute Gasteiger partial charge is 0.391 e. The lowest BCUT2D eigenvalue weighted by Gasteiger charge is -2.29. The SMILES string of the molecule is CC(O)C(C)(C)NC(=O)c1ccc2cc[nH]c2c1. The molecule has 96 valence electrons. The molecule has 0 aliphatic heterocycles. The van der Waals surface area contributed by atoms with Gasteiger partial charge in [-0.15, -0.1) is 0 Å². The quantitative estimate of drug-likeness (QED) is 0.776. The Morgan fingerprint density at radius 1 is 1.39 bits per heavy atom. The number of benzene rings is 1. The predicted octanol–water partition coefficient (Wildman–Crippen LogP) is 2.06. The first-order valence-corrected chi connectivity index (χ1v) is 5.98. The maximum atomic E-state index is 12.1. The Kier molecular flexibility index (Phi) is 3.13. The molecule has 1 aromatic carbocycles. The van der Waals surface area contributed by atoms with Crippen LogP contribution in [0.2, 0.25) is 0 Å². The number of carbonyl (C=O) groups is 1. The molecule has 1 amide bonds. The van der Waals surface area contributed by atoms with Crippen LogP contribution in [-0.2, 0) is 0 Å². The standard InChI is InChI=1S/C14H18N2O2/c1-9(17)14(2,3)16-13(18)11-5-4-10-6-7-15-12(10)8-11/h4-9,15,17H,1-3H3,(H,16,18). The van der Waals surface area contributed by atoms with Crippen molar-refractivity contribution in [3.63, 3.8) is 0 Å². The number of nitrogens with one attached hydrogen (secondary N) is 2. The van der Waals surface area contributed by atoms with Crippen molar-refractivity contribution < 1.29 is 9.90 Å². The van der Waals surface area contributed by atoms with Crippen LogP contribution in [0, 0.1) is 0 Å². The minimum Gasteiger partial charge on any atom is -0.391 e. The zero-order chi connectivity index (χ0) is 13.3. The minimum atomic E-state index is -0.651. The number of aliphatic hydroxyl groups is 1. The number of carbonyl (C=O) groups excluding carboxylic acids is 1. The average molecular weight is 246 g/mol. The van der Waals surface area contributed by atoms with Gasteiger partial charge in [-0.1, -0.05) is 6.07 Å². The van der Waals surface area contributed by atoms with E-state index in [-0.39, 0.29) is 5.91 Å². The van der Waals surface area contributed by atoms with Gasteiger partial charge in [0.1, 0.15) is 0 Å². The number of amides is 1. The highest BCUT2D eigenvalue weighted by Gasteiger charge is 2.26. The van der Waals surface area contributed by atoms with E-state index in [1.54, 1.807) is 26.8 Å². The van der Waals surface area contributed by atoms with Crippen LogP contribution in [0.5, 0.6) is 0 Å². The smallest absolute Gasteiger partial charge is 0.251 e. The average Bonchev–Trinajstić information content (AvgIpc) is 2.74. The van der Waals surface area contributed by atoms with Gasteiger partial charge >= 0.3 is 0 Å². The Morgan fingerprint density at radius 3 is 2.78 bits per heavy atom. The molecule has 0 radical (unpaired) electrons. The van der Waals surface area contributed by atoms with E-state index in [1.807, 2.05) is 24.4 Å². The maximum absolute atomic E-state index is 12.1. The molecule has 0 saturated carbocycles. The third kappa shape index (κ3) is 2.38. The fourth-order valence-electron chi connectivity index (χ4n) is 1.66. The number of H-pyrrole nitrogens is 1. The maximum Gasteiger partial charge on any atom is 0.251 e. The molecule has 0 spiro atoms.